The highest BCUT2D eigenvalue weighted by atomic mass is 32.1. The number of hydrogen-bond donors (Lipinski definition) is 3. The normalized spacial score (nSPS) is 11.0. The maximum Gasteiger partial charge on any atom is 0.240 e. The van der Waals surface area contributed by atoms with Crippen molar-refractivity contribution in [1.82, 2.24) is 9.97 Å². The Balaban J connectivity index is 2.37. The molecule has 7 heteroatoms. The second-order valence-corrected chi connectivity index (χ2v) is 6.03. The van der Waals surface area contributed by atoms with Crippen molar-refractivity contribution in [2.75, 3.05) is 18.9 Å². The fourth-order valence-corrected chi connectivity index (χ4v) is 3.48. The molecule has 2 rings (SSSR count). The summed E-state index contributed by atoms with van der Waals surface area (Å²) in [6.45, 7) is 4.62. The maximum absolute atomic E-state index is 9.23. The lowest BCUT2D eigenvalue weighted by Gasteiger charge is -2.03. The number of aliphatic hydroxyl groups is 2. The van der Waals surface area contributed by atoms with Crippen molar-refractivity contribution in [2.45, 2.75) is 33.2 Å². The van der Waals surface area contributed by atoms with Gasteiger partial charge < -0.3 is 15.9 Å². The first-order valence-corrected chi connectivity index (χ1v) is 7.69. The third-order valence-corrected chi connectivity index (χ3v) is 4.77. The molecule has 114 valence electrons. The minimum atomic E-state index is 0.0956. The minimum Gasteiger partial charge on any atom is -0.396 e. The third kappa shape index (κ3) is 3.55. The van der Waals surface area contributed by atoms with E-state index in [1.165, 1.54) is 0 Å². The minimum absolute atomic E-state index is 0.0956. The summed E-state index contributed by atoms with van der Waals surface area (Å²) in [7, 11) is 0. The van der Waals surface area contributed by atoms with Crippen molar-refractivity contribution in [1.29, 1.82) is 0 Å². The van der Waals surface area contributed by atoms with Crippen LogP contribution in [0.4, 0.5) is 5.82 Å². The number of nitrogen functional groups attached to an aromatic ring is 1. The maximum atomic E-state index is 9.23. The van der Waals surface area contributed by atoms with E-state index in [2.05, 4.69) is 14.5 Å². The molecule has 0 aromatic carbocycles. The number of aromatic nitrogens is 3. The molecule has 0 atom stereocenters. The van der Waals surface area contributed by atoms with Crippen LogP contribution < -0.4 is 10.3 Å². The molecule has 2 aromatic rings. The average Bonchev–Trinajstić information content (AvgIpc) is 2.71. The van der Waals surface area contributed by atoms with E-state index in [0.29, 0.717) is 31.0 Å². The topological polar surface area (TPSA) is 96.1 Å². The molecule has 0 saturated heterocycles. The standard InChI is InChI=1S/C14H21N4O2S/c1-9-12(3-5-19)21-13(4-6-20)18(9)8-11-7-16-10(2)17-14(11)15/h7,19-20H,3-6,8H2,1-2H3,(H2,15,16,17)/q+1. The van der Waals surface area contributed by atoms with E-state index < -0.39 is 0 Å². The van der Waals surface area contributed by atoms with E-state index in [0.717, 1.165) is 21.1 Å². The van der Waals surface area contributed by atoms with Crippen LogP contribution in [0.3, 0.4) is 0 Å². The summed E-state index contributed by atoms with van der Waals surface area (Å²) < 4.78 is 2.12. The summed E-state index contributed by atoms with van der Waals surface area (Å²) in [4.78, 5) is 9.51. The highest BCUT2D eigenvalue weighted by Gasteiger charge is 2.23. The van der Waals surface area contributed by atoms with Crippen molar-refractivity contribution in [3.05, 3.63) is 33.2 Å². The summed E-state index contributed by atoms with van der Waals surface area (Å²) >= 11 is 1.62. The van der Waals surface area contributed by atoms with Gasteiger partial charge in [0.25, 0.3) is 0 Å². The summed E-state index contributed by atoms with van der Waals surface area (Å²) in [5.41, 5.74) is 7.92. The average molecular weight is 309 g/mol. The Hall–Kier alpha value is -1.57. The largest absolute Gasteiger partial charge is 0.396 e. The molecule has 0 aliphatic carbocycles. The van der Waals surface area contributed by atoms with Gasteiger partial charge in [-0.3, -0.25) is 0 Å². The molecule has 0 bridgehead atoms. The quantitative estimate of drug-likeness (QED) is 0.660. The SMILES string of the molecule is Cc1ncc(C[n+]2c(CCO)sc(CCO)c2C)c(N)n1. The van der Waals surface area contributed by atoms with Crippen LogP contribution in [0.5, 0.6) is 0 Å². The third-order valence-electron chi connectivity index (χ3n) is 3.36. The fourth-order valence-electron chi connectivity index (χ4n) is 2.24. The number of aryl methyl sites for hydroxylation is 1. The molecule has 0 aliphatic heterocycles. The van der Waals surface area contributed by atoms with Crippen LogP contribution in [-0.2, 0) is 19.4 Å². The van der Waals surface area contributed by atoms with Crippen LogP contribution in [0.1, 0.15) is 27.0 Å². The Morgan fingerprint density at radius 2 is 1.95 bits per heavy atom. The molecule has 2 aromatic heterocycles. The molecule has 0 spiro atoms. The molecule has 0 aliphatic rings. The second kappa shape index (κ2) is 6.93. The highest BCUT2D eigenvalue weighted by molar-refractivity contribution is 7.11. The van der Waals surface area contributed by atoms with E-state index in [4.69, 9.17) is 10.8 Å². The number of nitrogens with zero attached hydrogens (tertiary/aromatic N) is 3. The molecule has 0 amide bonds. The van der Waals surface area contributed by atoms with Crippen molar-refractivity contribution in [3.8, 4) is 0 Å². The van der Waals surface area contributed by atoms with Crippen LogP contribution in [0.15, 0.2) is 6.20 Å². The molecule has 21 heavy (non-hydrogen) atoms. The van der Waals surface area contributed by atoms with Gasteiger partial charge in [-0.15, -0.1) is 0 Å². The molecule has 0 unspecified atom stereocenters. The molecule has 2 heterocycles. The van der Waals surface area contributed by atoms with Gasteiger partial charge >= 0.3 is 0 Å². The fraction of sp³-hybridized carbons (Fsp3) is 0.500. The van der Waals surface area contributed by atoms with E-state index in [1.54, 1.807) is 24.5 Å². The summed E-state index contributed by atoms with van der Waals surface area (Å²) in [6, 6.07) is 0. The number of rotatable bonds is 6. The van der Waals surface area contributed by atoms with E-state index in [1.807, 2.05) is 6.92 Å². The van der Waals surface area contributed by atoms with Gasteiger partial charge in [-0.25, -0.2) is 9.97 Å². The first-order chi connectivity index (χ1) is 10.1. The lowest BCUT2D eigenvalue weighted by molar-refractivity contribution is -0.696. The molecular weight excluding hydrogens is 288 g/mol. The van der Waals surface area contributed by atoms with Crippen LogP contribution in [-0.4, -0.2) is 33.4 Å². The predicted octanol–water partition coefficient (Wildman–Crippen LogP) is 0.143. The smallest absolute Gasteiger partial charge is 0.240 e. The van der Waals surface area contributed by atoms with Gasteiger partial charge in [0.1, 0.15) is 11.6 Å². The zero-order valence-electron chi connectivity index (χ0n) is 12.3. The molecule has 6 nitrogen and oxygen atoms in total. The van der Waals surface area contributed by atoms with Gasteiger partial charge in [0.05, 0.1) is 23.5 Å². The highest BCUT2D eigenvalue weighted by Crippen LogP contribution is 2.19. The molecule has 0 fully saturated rings. The van der Waals surface area contributed by atoms with Gasteiger partial charge in [-0.2, -0.15) is 4.57 Å². The van der Waals surface area contributed by atoms with Gasteiger partial charge in [0.15, 0.2) is 12.2 Å². The van der Waals surface area contributed by atoms with Crippen molar-refractivity contribution < 1.29 is 14.8 Å². The summed E-state index contributed by atoms with van der Waals surface area (Å²) in [6.07, 6.45) is 2.96. The molecule has 0 radical (unpaired) electrons. The van der Waals surface area contributed by atoms with E-state index >= 15 is 0 Å². The zero-order valence-corrected chi connectivity index (χ0v) is 13.2. The van der Waals surface area contributed by atoms with Crippen LogP contribution >= 0.6 is 11.3 Å². The summed E-state index contributed by atoms with van der Waals surface area (Å²) in [5, 5.41) is 19.4. The Morgan fingerprint density at radius 1 is 1.24 bits per heavy atom. The molecule has 4 N–H and O–H groups in total. The van der Waals surface area contributed by atoms with Crippen LogP contribution in [0.2, 0.25) is 0 Å². The van der Waals surface area contributed by atoms with Gasteiger partial charge in [0, 0.05) is 26.1 Å². The van der Waals surface area contributed by atoms with Gasteiger partial charge in [-0.05, 0) is 6.92 Å². The van der Waals surface area contributed by atoms with Crippen molar-refractivity contribution in [3.63, 3.8) is 0 Å². The zero-order chi connectivity index (χ0) is 15.4. The predicted molar refractivity (Wildman–Crippen MR) is 81.1 cm³/mol. The summed E-state index contributed by atoms with van der Waals surface area (Å²) in [5.74, 6) is 1.14. The van der Waals surface area contributed by atoms with E-state index in [9.17, 15) is 5.11 Å². The molecule has 0 saturated carbocycles. The number of anilines is 1. The molecular formula is C14H21N4O2S+. The number of hydrogen-bond acceptors (Lipinski definition) is 6. The van der Waals surface area contributed by atoms with Crippen LogP contribution in [0.25, 0.3) is 0 Å². The van der Waals surface area contributed by atoms with Gasteiger partial charge in [0.2, 0.25) is 5.01 Å². The van der Waals surface area contributed by atoms with Gasteiger partial charge in [-0.1, -0.05) is 11.3 Å². The Morgan fingerprint density at radius 3 is 2.57 bits per heavy atom. The van der Waals surface area contributed by atoms with Crippen molar-refractivity contribution in [2.24, 2.45) is 0 Å². The first kappa shape index (κ1) is 15.8. The number of aliphatic hydroxyl groups excluding tert-OH is 2. The first-order valence-electron chi connectivity index (χ1n) is 6.87. The Bertz CT molecular complexity index is 628. The lowest BCUT2D eigenvalue weighted by Crippen LogP contribution is -2.40. The van der Waals surface area contributed by atoms with Crippen molar-refractivity contribution >= 4 is 17.2 Å². The monoisotopic (exact) mass is 309 g/mol. The van der Waals surface area contributed by atoms with E-state index in [-0.39, 0.29) is 13.2 Å². The Labute approximate surface area is 127 Å². The number of thiazole rings is 1. The Kier molecular flexibility index (Phi) is 5.22. The number of nitrogens with two attached hydrogens (primary N) is 1. The second-order valence-electron chi connectivity index (χ2n) is 4.87. The lowest BCUT2D eigenvalue weighted by atomic mass is 10.2. The van der Waals surface area contributed by atoms with Crippen LogP contribution in [0, 0.1) is 13.8 Å².